The summed E-state index contributed by atoms with van der Waals surface area (Å²) >= 11 is 0. The molecule has 0 spiro atoms. The highest BCUT2D eigenvalue weighted by atomic mass is 16.6. The molecule has 0 radical (unpaired) electrons. The maximum atomic E-state index is 12.7. The first-order valence-electron chi connectivity index (χ1n) is 24.1. The molecule has 330 valence electrons. The number of hydrogen-bond acceptors (Lipinski definition) is 6. The average molecular weight is 799 g/mol. The number of allylic oxidation sites excluding steroid dienone is 7. The Morgan fingerprint density at radius 1 is 0.386 bits per heavy atom. The van der Waals surface area contributed by atoms with Crippen LogP contribution in [0.5, 0.6) is 0 Å². The van der Waals surface area contributed by atoms with E-state index in [9.17, 15) is 14.4 Å². The van der Waals surface area contributed by atoms with Gasteiger partial charge >= 0.3 is 17.9 Å². The van der Waals surface area contributed by atoms with Gasteiger partial charge in [0, 0.05) is 12.8 Å². The molecule has 0 aliphatic rings. The number of carbonyl (C=O) groups is 3. The van der Waals surface area contributed by atoms with E-state index in [0.717, 1.165) is 57.8 Å². The topological polar surface area (TPSA) is 78.9 Å². The smallest absolute Gasteiger partial charge is 0.309 e. The molecule has 6 nitrogen and oxygen atoms in total. The van der Waals surface area contributed by atoms with Gasteiger partial charge in [-0.15, -0.1) is 0 Å². The van der Waals surface area contributed by atoms with Crippen molar-refractivity contribution in [3.05, 3.63) is 48.6 Å². The quantitative estimate of drug-likeness (QED) is 0.0265. The fourth-order valence-corrected chi connectivity index (χ4v) is 6.73. The largest absolute Gasteiger partial charge is 0.462 e. The number of rotatable bonds is 43. The molecule has 0 N–H and O–H groups in total. The van der Waals surface area contributed by atoms with Gasteiger partial charge in [-0.3, -0.25) is 14.4 Å². The fourth-order valence-electron chi connectivity index (χ4n) is 6.73. The van der Waals surface area contributed by atoms with Crippen molar-refractivity contribution in [1.82, 2.24) is 0 Å². The number of unbranched alkanes of at least 4 members (excludes halogenated alkanes) is 25. The van der Waals surface area contributed by atoms with Gasteiger partial charge in [0.05, 0.1) is 6.42 Å². The monoisotopic (exact) mass is 799 g/mol. The summed E-state index contributed by atoms with van der Waals surface area (Å²) < 4.78 is 16.6. The van der Waals surface area contributed by atoms with E-state index >= 15 is 0 Å². The molecule has 0 aromatic carbocycles. The first-order chi connectivity index (χ1) is 28.0. The predicted molar refractivity (Wildman–Crippen MR) is 242 cm³/mol. The molecule has 0 saturated carbocycles. The second-order valence-electron chi connectivity index (χ2n) is 16.0. The summed E-state index contributed by atoms with van der Waals surface area (Å²) in [5.74, 6) is -1.03. The van der Waals surface area contributed by atoms with Crippen LogP contribution in [0.3, 0.4) is 0 Å². The SMILES string of the molecule is CC/C=C\C/C=C\C/C=C\CC(=O)OCC(COC(=O)CCCCCCCCC/C=C\CCCCCCCC)OC(=O)CCCCCCCCCCCCCCC. The Bertz CT molecular complexity index is 1010. The minimum Gasteiger partial charge on any atom is -0.462 e. The maximum Gasteiger partial charge on any atom is 0.309 e. The minimum absolute atomic E-state index is 0.100. The van der Waals surface area contributed by atoms with Gasteiger partial charge in [-0.05, 0) is 57.8 Å². The third kappa shape index (κ3) is 44.3. The van der Waals surface area contributed by atoms with E-state index in [-0.39, 0.29) is 31.6 Å². The van der Waals surface area contributed by atoms with Crippen LogP contribution < -0.4 is 0 Å². The first-order valence-corrected chi connectivity index (χ1v) is 24.1. The molecule has 0 aromatic rings. The van der Waals surface area contributed by atoms with Gasteiger partial charge in [-0.1, -0.05) is 211 Å². The van der Waals surface area contributed by atoms with Crippen molar-refractivity contribution in [2.75, 3.05) is 13.2 Å². The molecule has 6 heteroatoms. The van der Waals surface area contributed by atoms with E-state index < -0.39 is 12.1 Å². The van der Waals surface area contributed by atoms with Gasteiger partial charge in [0.25, 0.3) is 0 Å². The van der Waals surface area contributed by atoms with Crippen LogP contribution in [0.15, 0.2) is 48.6 Å². The van der Waals surface area contributed by atoms with Gasteiger partial charge < -0.3 is 14.2 Å². The average Bonchev–Trinajstić information content (AvgIpc) is 3.21. The van der Waals surface area contributed by atoms with Crippen LogP contribution >= 0.6 is 0 Å². The van der Waals surface area contributed by atoms with Crippen LogP contribution in [0.25, 0.3) is 0 Å². The van der Waals surface area contributed by atoms with Crippen LogP contribution in [0.2, 0.25) is 0 Å². The van der Waals surface area contributed by atoms with E-state index in [2.05, 4.69) is 57.2 Å². The van der Waals surface area contributed by atoms with Crippen molar-refractivity contribution < 1.29 is 28.6 Å². The summed E-state index contributed by atoms with van der Waals surface area (Å²) in [6.45, 7) is 6.42. The van der Waals surface area contributed by atoms with Gasteiger partial charge in [0.15, 0.2) is 6.10 Å². The summed E-state index contributed by atoms with van der Waals surface area (Å²) in [4.78, 5) is 37.7. The predicted octanol–water partition coefficient (Wildman–Crippen LogP) is 15.5. The van der Waals surface area contributed by atoms with Gasteiger partial charge in [0.2, 0.25) is 0 Å². The molecule has 0 amide bonds. The molecule has 57 heavy (non-hydrogen) atoms. The summed E-state index contributed by atoms with van der Waals surface area (Å²) in [7, 11) is 0. The van der Waals surface area contributed by atoms with Crippen molar-refractivity contribution in [3.63, 3.8) is 0 Å². The lowest BCUT2D eigenvalue weighted by atomic mass is 10.0. The molecule has 0 aromatic heterocycles. The molecule has 0 aliphatic carbocycles. The van der Waals surface area contributed by atoms with Crippen LogP contribution in [-0.4, -0.2) is 37.2 Å². The lowest BCUT2D eigenvalue weighted by Crippen LogP contribution is -2.30. The summed E-state index contributed by atoms with van der Waals surface area (Å²) in [6, 6.07) is 0. The van der Waals surface area contributed by atoms with Gasteiger partial charge in [-0.25, -0.2) is 0 Å². The zero-order chi connectivity index (χ0) is 41.5. The van der Waals surface area contributed by atoms with Crippen molar-refractivity contribution >= 4 is 17.9 Å². The standard InChI is InChI=1S/C51H90O6/c1-4-7-10-13-16-19-21-23-24-25-26-28-29-32-35-38-41-44-50(53)56-47-48(46-55-49(52)43-40-37-34-31-18-15-12-9-6-3)57-51(54)45-42-39-36-33-30-27-22-20-17-14-11-8-5-2/h9,12,18,23-24,31,37,40,48H,4-8,10-11,13-17,19-22,25-30,32-36,38-39,41-47H2,1-3H3/b12-9-,24-23-,31-18-,40-37-. The molecule has 0 aliphatic heterocycles. The molecule has 0 bridgehead atoms. The summed E-state index contributed by atoms with van der Waals surface area (Å²) in [6.07, 6.45) is 54.1. The molecule has 1 unspecified atom stereocenters. The van der Waals surface area contributed by atoms with E-state index in [1.165, 1.54) is 141 Å². The Kier molecular flexibility index (Phi) is 43.9. The number of carbonyl (C=O) groups excluding carboxylic acids is 3. The van der Waals surface area contributed by atoms with Crippen LogP contribution in [0.4, 0.5) is 0 Å². The van der Waals surface area contributed by atoms with Crippen LogP contribution in [0.1, 0.15) is 239 Å². The molecule has 1 atom stereocenters. The highest BCUT2D eigenvalue weighted by molar-refractivity contribution is 5.72. The third-order valence-corrected chi connectivity index (χ3v) is 10.4. The molecule has 0 heterocycles. The maximum absolute atomic E-state index is 12.7. The fraction of sp³-hybridized carbons (Fsp3) is 0.784. The Morgan fingerprint density at radius 2 is 0.754 bits per heavy atom. The lowest BCUT2D eigenvalue weighted by molar-refractivity contribution is -0.166. The van der Waals surface area contributed by atoms with Crippen molar-refractivity contribution in [3.8, 4) is 0 Å². The van der Waals surface area contributed by atoms with Crippen LogP contribution in [0, 0.1) is 0 Å². The van der Waals surface area contributed by atoms with Crippen LogP contribution in [-0.2, 0) is 28.6 Å². The highest BCUT2D eigenvalue weighted by Gasteiger charge is 2.19. The zero-order valence-electron chi connectivity index (χ0n) is 37.6. The first kappa shape index (κ1) is 54.4. The highest BCUT2D eigenvalue weighted by Crippen LogP contribution is 2.15. The molecular formula is C51H90O6. The number of hydrogen-bond donors (Lipinski definition) is 0. The summed E-state index contributed by atoms with van der Waals surface area (Å²) in [5, 5.41) is 0. The van der Waals surface area contributed by atoms with E-state index in [1.807, 2.05) is 6.08 Å². The Balaban J connectivity index is 4.36. The molecule has 0 saturated heterocycles. The van der Waals surface area contributed by atoms with Gasteiger partial charge in [-0.2, -0.15) is 0 Å². The van der Waals surface area contributed by atoms with Crippen molar-refractivity contribution in [2.24, 2.45) is 0 Å². The third-order valence-electron chi connectivity index (χ3n) is 10.4. The Hall–Kier alpha value is -2.63. The minimum atomic E-state index is -0.805. The summed E-state index contributed by atoms with van der Waals surface area (Å²) in [5.41, 5.74) is 0. The normalized spacial score (nSPS) is 12.4. The number of ether oxygens (including phenoxy) is 3. The Labute approximate surface area is 352 Å². The van der Waals surface area contributed by atoms with Crippen molar-refractivity contribution in [1.29, 1.82) is 0 Å². The lowest BCUT2D eigenvalue weighted by Gasteiger charge is -2.18. The number of esters is 3. The van der Waals surface area contributed by atoms with Gasteiger partial charge in [0.1, 0.15) is 13.2 Å². The second-order valence-corrected chi connectivity index (χ2v) is 16.0. The zero-order valence-corrected chi connectivity index (χ0v) is 37.6. The molecule has 0 fully saturated rings. The molecule has 0 rings (SSSR count). The van der Waals surface area contributed by atoms with E-state index in [4.69, 9.17) is 14.2 Å². The van der Waals surface area contributed by atoms with E-state index in [0.29, 0.717) is 12.8 Å². The van der Waals surface area contributed by atoms with Crippen molar-refractivity contribution in [2.45, 2.75) is 245 Å². The van der Waals surface area contributed by atoms with E-state index in [1.54, 1.807) is 6.08 Å². The second kappa shape index (κ2) is 46.1. The Morgan fingerprint density at radius 3 is 1.21 bits per heavy atom. The molecular weight excluding hydrogens is 709 g/mol.